The summed E-state index contributed by atoms with van der Waals surface area (Å²) in [6, 6.07) is 4.48. The van der Waals surface area contributed by atoms with Crippen LogP contribution in [0.15, 0.2) is 12.1 Å². The number of likely N-dealkylation sites (N-methyl/N-ethyl adjacent to an activating group) is 1. The van der Waals surface area contributed by atoms with Crippen LogP contribution < -0.4 is 0 Å². The third-order valence-corrected chi connectivity index (χ3v) is 5.78. The van der Waals surface area contributed by atoms with Gasteiger partial charge in [0.05, 0.1) is 19.8 Å². The second-order valence-corrected chi connectivity index (χ2v) is 8.76. The van der Waals surface area contributed by atoms with Crippen LogP contribution in [0.3, 0.4) is 0 Å². The van der Waals surface area contributed by atoms with Crippen molar-refractivity contribution < 1.29 is 9.47 Å². The maximum absolute atomic E-state index is 6.28. The van der Waals surface area contributed by atoms with Crippen LogP contribution in [-0.2, 0) is 16.0 Å². The summed E-state index contributed by atoms with van der Waals surface area (Å²) in [6.45, 7) is 11.6. The first-order chi connectivity index (χ1) is 11.5. The van der Waals surface area contributed by atoms with Crippen molar-refractivity contribution in [3.05, 3.63) is 21.9 Å². The van der Waals surface area contributed by atoms with Gasteiger partial charge in [0.25, 0.3) is 0 Å². The lowest BCUT2D eigenvalue weighted by molar-refractivity contribution is -0.143. The van der Waals surface area contributed by atoms with Gasteiger partial charge in [-0.15, -0.1) is 11.3 Å². The summed E-state index contributed by atoms with van der Waals surface area (Å²) >= 11 is 1.90. The van der Waals surface area contributed by atoms with E-state index in [4.69, 9.17) is 9.47 Å². The van der Waals surface area contributed by atoms with Gasteiger partial charge in [-0.25, -0.2) is 0 Å². The van der Waals surface area contributed by atoms with Crippen LogP contribution in [0.5, 0.6) is 0 Å². The Kier molecular flexibility index (Phi) is 6.29. The van der Waals surface area contributed by atoms with Crippen LogP contribution in [-0.4, -0.2) is 93.5 Å². The van der Waals surface area contributed by atoms with E-state index in [1.807, 2.05) is 11.3 Å². The second kappa shape index (κ2) is 8.25. The summed E-state index contributed by atoms with van der Waals surface area (Å²) in [6.07, 6.45) is 0. The molecule has 0 bridgehead atoms. The van der Waals surface area contributed by atoms with Gasteiger partial charge in [0.1, 0.15) is 5.60 Å². The minimum absolute atomic E-state index is 0.173. The third-order valence-electron chi connectivity index (χ3n) is 4.80. The molecule has 2 saturated heterocycles. The standard InChI is InChI=1S/C18H31N3O2S/c1-16-4-5-17(24-16)12-21-9-11-23-18(14-21)13-20(7-6-19(2)3)8-10-22-15-18/h4-5H,6-15H2,1-3H3/t18-/m0/s1. The molecule has 0 aromatic carbocycles. The van der Waals surface area contributed by atoms with Crippen LogP contribution in [0.4, 0.5) is 0 Å². The van der Waals surface area contributed by atoms with E-state index in [1.165, 1.54) is 9.75 Å². The molecule has 136 valence electrons. The van der Waals surface area contributed by atoms with E-state index < -0.39 is 0 Å². The van der Waals surface area contributed by atoms with Crippen LogP contribution in [0, 0.1) is 6.92 Å². The molecule has 2 aliphatic heterocycles. The maximum atomic E-state index is 6.28. The Labute approximate surface area is 150 Å². The molecule has 1 aromatic heterocycles. The lowest BCUT2D eigenvalue weighted by atomic mass is 10.0. The third kappa shape index (κ3) is 5.00. The molecule has 3 heterocycles. The molecule has 0 amide bonds. The Morgan fingerprint density at radius 3 is 2.71 bits per heavy atom. The molecule has 1 atom stereocenters. The molecule has 1 spiro atoms. The first-order valence-electron chi connectivity index (χ1n) is 8.91. The topological polar surface area (TPSA) is 28.2 Å². The van der Waals surface area contributed by atoms with Gasteiger partial charge in [-0.1, -0.05) is 0 Å². The van der Waals surface area contributed by atoms with E-state index in [1.54, 1.807) is 0 Å². The maximum Gasteiger partial charge on any atom is 0.117 e. The highest BCUT2D eigenvalue weighted by Crippen LogP contribution is 2.25. The molecular formula is C18H31N3O2S. The summed E-state index contributed by atoms with van der Waals surface area (Å²) in [5.41, 5.74) is -0.173. The van der Waals surface area contributed by atoms with Crippen LogP contribution in [0.1, 0.15) is 9.75 Å². The van der Waals surface area contributed by atoms with Crippen LogP contribution in [0.2, 0.25) is 0 Å². The van der Waals surface area contributed by atoms with Crippen molar-refractivity contribution in [1.82, 2.24) is 14.7 Å². The van der Waals surface area contributed by atoms with E-state index in [9.17, 15) is 0 Å². The van der Waals surface area contributed by atoms with E-state index in [-0.39, 0.29) is 5.60 Å². The predicted molar refractivity (Wildman–Crippen MR) is 98.8 cm³/mol. The highest BCUT2D eigenvalue weighted by Gasteiger charge is 2.40. The van der Waals surface area contributed by atoms with Crippen molar-refractivity contribution in [2.45, 2.75) is 19.1 Å². The molecule has 2 aliphatic rings. The highest BCUT2D eigenvalue weighted by atomic mass is 32.1. The number of ether oxygens (including phenoxy) is 2. The molecule has 6 heteroatoms. The first kappa shape index (κ1) is 18.3. The quantitative estimate of drug-likeness (QED) is 0.800. The zero-order valence-electron chi connectivity index (χ0n) is 15.3. The largest absolute Gasteiger partial charge is 0.377 e. The van der Waals surface area contributed by atoms with Gasteiger partial charge in [-0.2, -0.15) is 0 Å². The molecule has 24 heavy (non-hydrogen) atoms. The number of aryl methyl sites for hydroxylation is 1. The zero-order chi connectivity index (χ0) is 17.0. The van der Waals surface area contributed by atoms with Crippen molar-refractivity contribution in [2.24, 2.45) is 0 Å². The van der Waals surface area contributed by atoms with E-state index in [0.717, 1.165) is 59.0 Å². The van der Waals surface area contributed by atoms with Crippen molar-refractivity contribution >= 4 is 11.3 Å². The molecule has 5 nitrogen and oxygen atoms in total. The minimum atomic E-state index is -0.173. The molecule has 3 rings (SSSR count). The molecule has 0 N–H and O–H groups in total. The Bertz CT molecular complexity index is 522. The second-order valence-electron chi connectivity index (χ2n) is 7.39. The van der Waals surface area contributed by atoms with Gasteiger partial charge in [-0.05, 0) is 33.2 Å². The number of nitrogens with zero attached hydrogens (tertiary/aromatic N) is 3. The van der Waals surface area contributed by atoms with E-state index in [2.05, 4.69) is 47.9 Å². The SMILES string of the molecule is Cc1ccc(CN2CCO[C@]3(COCCN(CCN(C)C)C3)C2)s1. The molecule has 0 aliphatic carbocycles. The van der Waals surface area contributed by atoms with Crippen molar-refractivity contribution in [3.63, 3.8) is 0 Å². The number of thiophene rings is 1. The number of hydrogen-bond donors (Lipinski definition) is 0. The van der Waals surface area contributed by atoms with Crippen molar-refractivity contribution in [1.29, 1.82) is 0 Å². The molecule has 1 aromatic rings. The first-order valence-corrected chi connectivity index (χ1v) is 9.73. The molecular weight excluding hydrogens is 322 g/mol. The van der Waals surface area contributed by atoms with Gasteiger partial charge in [-0.3, -0.25) is 9.80 Å². The number of morpholine rings is 1. The minimum Gasteiger partial charge on any atom is -0.377 e. The lowest BCUT2D eigenvalue weighted by Gasteiger charge is -2.43. The van der Waals surface area contributed by atoms with Crippen molar-refractivity contribution in [2.75, 3.05) is 73.2 Å². The predicted octanol–water partition coefficient (Wildman–Crippen LogP) is 1.52. The fourth-order valence-electron chi connectivity index (χ4n) is 3.55. The van der Waals surface area contributed by atoms with E-state index >= 15 is 0 Å². The molecule has 0 saturated carbocycles. The average Bonchev–Trinajstić information content (AvgIpc) is 2.84. The Morgan fingerprint density at radius 1 is 1.17 bits per heavy atom. The van der Waals surface area contributed by atoms with Crippen molar-refractivity contribution in [3.8, 4) is 0 Å². The fourth-order valence-corrected chi connectivity index (χ4v) is 4.48. The summed E-state index contributed by atoms with van der Waals surface area (Å²) < 4.78 is 12.2. The van der Waals surface area contributed by atoms with Gasteiger partial charge < -0.3 is 14.4 Å². The Morgan fingerprint density at radius 2 is 1.96 bits per heavy atom. The molecule has 0 radical (unpaired) electrons. The van der Waals surface area contributed by atoms with Gasteiger partial charge in [0, 0.05) is 55.6 Å². The highest BCUT2D eigenvalue weighted by molar-refractivity contribution is 7.11. The lowest BCUT2D eigenvalue weighted by Crippen LogP contribution is -2.58. The normalized spacial score (nSPS) is 27.0. The van der Waals surface area contributed by atoms with Gasteiger partial charge in [0.2, 0.25) is 0 Å². The van der Waals surface area contributed by atoms with Crippen LogP contribution in [0.25, 0.3) is 0 Å². The summed E-state index contributed by atoms with van der Waals surface area (Å²) in [5, 5.41) is 0. The fraction of sp³-hybridized carbons (Fsp3) is 0.778. The number of rotatable bonds is 5. The van der Waals surface area contributed by atoms with E-state index in [0.29, 0.717) is 6.61 Å². The average molecular weight is 354 g/mol. The molecule has 2 fully saturated rings. The molecule has 0 unspecified atom stereocenters. The number of hydrogen-bond acceptors (Lipinski definition) is 6. The van der Waals surface area contributed by atoms with Gasteiger partial charge >= 0.3 is 0 Å². The van der Waals surface area contributed by atoms with Crippen LogP contribution >= 0.6 is 11.3 Å². The Hall–Kier alpha value is -0.500. The monoisotopic (exact) mass is 353 g/mol. The zero-order valence-corrected chi connectivity index (χ0v) is 16.1. The summed E-state index contributed by atoms with van der Waals surface area (Å²) in [4.78, 5) is 10.1. The summed E-state index contributed by atoms with van der Waals surface area (Å²) in [5.74, 6) is 0. The smallest absolute Gasteiger partial charge is 0.117 e. The van der Waals surface area contributed by atoms with Gasteiger partial charge in [0.15, 0.2) is 0 Å². The Balaban J connectivity index is 1.61. The summed E-state index contributed by atoms with van der Waals surface area (Å²) in [7, 11) is 4.26.